The summed E-state index contributed by atoms with van der Waals surface area (Å²) in [7, 11) is 1.28. The topological polar surface area (TPSA) is 90.4 Å². The second-order valence-corrected chi connectivity index (χ2v) is 6.01. The average molecular weight is 332 g/mol. The summed E-state index contributed by atoms with van der Waals surface area (Å²) in [5.74, 6) is 0.176. The van der Waals surface area contributed by atoms with Crippen molar-refractivity contribution in [2.45, 2.75) is 25.8 Å². The first kappa shape index (κ1) is 16.4. The Morgan fingerprint density at radius 2 is 2.12 bits per heavy atom. The molecule has 1 aromatic heterocycles. The van der Waals surface area contributed by atoms with Crippen molar-refractivity contribution >= 4 is 16.9 Å². The first-order chi connectivity index (χ1) is 11.6. The van der Waals surface area contributed by atoms with Crippen molar-refractivity contribution in [3.63, 3.8) is 0 Å². The van der Waals surface area contributed by atoms with Crippen molar-refractivity contribution in [3.05, 3.63) is 44.6 Å². The number of fused-ring (bicyclic) bond motifs is 1. The van der Waals surface area contributed by atoms with Crippen LogP contribution in [0.5, 0.6) is 0 Å². The van der Waals surface area contributed by atoms with E-state index < -0.39 is 11.7 Å². The molecule has 0 radical (unpaired) electrons. The molecule has 0 atom stereocenters. The molecule has 24 heavy (non-hydrogen) atoms. The van der Waals surface area contributed by atoms with Crippen LogP contribution in [0, 0.1) is 5.92 Å². The van der Waals surface area contributed by atoms with Gasteiger partial charge < -0.3 is 14.5 Å². The molecule has 1 saturated carbocycles. The summed E-state index contributed by atoms with van der Waals surface area (Å²) >= 11 is 0. The van der Waals surface area contributed by atoms with Gasteiger partial charge in [-0.25, -0.2) is 9.59 Å². The van der Waals surface area contributed by atoms with Crippen LogP contribution in [0.1, 0.15) is 29.6 Å². The molecule has 1 aliphatic carbocycles. The van der Waals surface area contributed by atoms with Gasteiger partial charge >= 0.3 is 11.7 Å². The normalized spacial score (nSPS) is 14.0. The molecule has 1 fully saturated rings. The lowest BCUT2D eigenvalue weighted by molar-refractivity contribution is 0.0601. The number of ether oxygens (including phenoxy) is 2. The third-order valence-electron chi connectivity index (χ3n) is 4.12. The number of aromatic amines is 1. The lowest BCUT2D eigenvalue weighted by Crippen LogP contribution is -2.35. The van der Waals surface area contributed by atoms with Gasteiger partial charge in [0.2, 0.25) is 0 Å². The van der Waals surface area contributed by atoms with Gasteiger partial charge in [0.15, 0.2) is 0 Å². The van der Waals surface area contributed by atoms with Crippen LogP contribution in [0.25, 0.3) is 10.9 Å². The van der Waals surface area contributed by atoms with Crippen molar-refractivity contribution in [1.29, 1.82) is 0 Å². The molecule has 7 nitrogen and oxygen atoms in total. The zero-order valence-corrected chi connectivity index (χ0v) is 13.5. The predicted molar refractivity (Wildman–Crippen MR) is 88.3 cm³/mol. The van der Waals surface area contributed by atoms with Crippen LogP contribution >= 0.6 is 0 Å². The fraction of sp³-hybridized carbons (Fsp3) is 0.471. The molecule has 1 aromatic carbocycles. The number of hydrogen-bond acceptors (Lipinski definition) is 5. The van der Waals surface area contributed by atoms with Crippen LogP contribution in [0.4, 0.5) is 0 Å². The van der Waals surface area contributed by atoms with E-state index in [0.29, 0.717) is 36.4 Å². The minimum absolute atomic E-state index is 0.284. The van der Waals surface area contributed by atoms with Crippen molar-refractivity contribution in [2.24, 2.45) is 5.92 Å². The molecule has 3 rings (SSSR count). The van der Waals surface area contributed by atoms with E-state index in [2.05, 4.69) is 9.72 Å². The first-order valence-electron chi connectivity index (χ1n) is 8.03. The van der Waals surface area contributed by atoms with Gasteiger partial charge in [-0.2, -0.15) is 0 Å². The molecule has 0 spiro atoms. The molecule has 0 unspecified atom stereocenters. The molecule has 0 amide bonds. The van der Waals surface area contributed by atoms with Gasteiger partial charge in [-0.3, -0.25) is 9.36 Å². The summed E-state index contributed by atoms with van der Waals surface area (Å²) in [5.41, 5.74) is -0.246. The van der Waals surface area contributed by atoms with Crippen LogP contribution in [-0.4, -0.2) is 35.8 Å². The highest BCUT2D eigenvalue weighted by molar-refractivity contribution is 5.93. The fourth-order valence-corrected chi connectivity index (χ4v) is 2.56. The molecule has 1 aliphatic rings. The first-order valence-corrected chi connectivity index (χ1v) is 8.03. The Hall–Kier alpha value is -2.41. The second-order valence-electron chi connectivity index (χ2n) is 6.01. The molecular formula is C17H20N2O5. The zero-order chi connectivity index (χ0) is 17.1. The molecule has 1 heterocycles. The van der Waals surface area contributed by atoms with Gasteiger partial charge in [0.05, 0.1) is 23.6 Å². The van der Waals surface area contributed by atoms with Crippen molar-refractivity contribution in [2.75, 3.05) is 20.3 Å². The Morgan fingerprint density at radius 1 is 1.33 bits per heavy atom. The van der Waals surface area contributed by atoms with Gasteiger partial charge in [-0.05, 0) is 43.4 Å². The molecule has 2 aromatic rings. The van der Waals surface area contributed by atoms with Gasteiger partial charge in [-0.1, -0.05) is 0 Å². The lowest BCUT2D eigenvalue weighted by atomic mass is 10.1. The summed E-state index contributed by atoms with van der Waals surface area (Å²) in [4.78, 5) is 38.8. The summed E-state index contributed by atoms with van der Waals surface area (Å²) in [6.45, 7) is 1.59. The number of benzene rings is 1. The standard InChI is InChI=1S/C17H20N2O5/c1-23-16(21)12-5-6-13-14(9-12)18-17(22)19(15(13)20)7-2-8-24-10-11-3-4-11/h5-6,9,11H,2-4,7-8,10H2,1H3,(H,18,22). The number of nitrogens with one attached hydrogen (secondary N) is 1. The molecule has 1 N–H and O–H groups in total. The molecule has 0 aliphatic heterocycles. The Bertz CT molecular complexity index is 863. The van der Waals surface area contributed by atoms with Crippen LogP contribution in [-0.2, 0) is 16.0 Å². The minimum atomic E-state index is -0.519. The Morgan fingerprint density at radius 3 is 2.83 bits per heavy atom. The fourth-order valence-electron chi connectivity index (χ4n) is 2.56. The summed E-state index contributed by atoms with van der Waals surface area (Å²) in [5, 5.41) is 0.362. The Balaban J connectivity index is 1.77. The van der Waals surface area contributed by atoms with Crippen LogP contribution in [0.3, 0.4) is 0 Å². The number of carbonyl (C=O) groups is 1. The van der Waals surface area contributed by atoms with Gasteiger partial charge in [0, 0.05) is 19.8 Å². The number of H-pyrrole nitrogens is 1. The van der Waals surface area contributed by atoms with Crippen LogP contribution < -0.4 is 11.2 Å². The average Bonchev–Trinajstić information content (AvgIpc) is 3.40. The summed E-state index contributed by atoms with van der Waals surface area (Å²) < 4.78 is 11.3. The van der Waals surface area contributed by atoms with E-state index in [4.69, 9.17) is 4.74 Å². The third-order valence-corrected chi connectivity index (χ3v) is 4.12. The number of carbonyl (C=O) groups excluding carboxylic acids is 1. The number of methoxy groups -OCH3 is 1. The van der Waals surface area contributed by atoms with E-state index in [1.54, 1.807) is 0 Å². The number of nitrogens with zero attached hydrogens (tertiary/aromatic N) is 1. The summed E-state index contributed by atoms with van der Waals surface area (Å²) in [6, 6.07) is 4.49. The van der Waals surface area contributed by atoms with E-state index in [9.17, 15) is 14.4 Å². The maximum absolute atomic E-state index is 12.5. The maximum Gasteiger partial charge on any atom is 0.337 e. The zero-order valence-electron chi connectivity index (χ0n) is 13.5. The highest BCUT2D eigenvalue weighted by atomic mass is 16.5. The third kappa shape index (κ3) is 3.56. The highest BCUT2D eigenvalue weighted by Gasteiger charge is 2.20. The van der Waals surface area contributed by atoms with E-state index >= 15 is 0 Å². The number of esters is 1. The molecule has 128 valence electrons. The monoisotopic (exact) mass is 332 g/mol. The Labute approximate surface area is 138 Å². The SMILES string of the molecule is COC(=O)c1ccc2c(=O)n(CCCOCC3CC3)c(=O)[nH]c2c1. The molecule has 0 saturated heterocycles. The number of rotatable bonds is 7. The minimum Gasteiger partial charge on any atom is -0.465 e. The molecule has 0 bridgehead atoms. The number of hydrogen-bond donors (Lipinski definition) is 1. The predicted octanol–water partition coefficient (Wildman–Crippen LogP) is 1.29. The number of aromatic nitrogens is 2. The largest absolute Gasteiger partial charge is 0.465 e. The molecular weight excluding hydrogens is 312 g/mol. The van der Waals surface area contributed by atoms with E-state index in [-0.39, 0.29) is 11.1 Å². The maximum atomic E-state index is 12.5. The highest BCUT2D eigenvalue weighted by Crippen LogP contribution is 2.28. The van der Waals surface area contributed by atoms with Crippen molar-refractivity contribution in [3.8, 4) is 0 Å². The van der Waals surface area contributed by atoms with E-state index in [1.807, 2.05) is 0 Å². The van der Waals surface area contributed by atoms with Crippen LogP contribution in [0.2, 0.25) is 0 Å². The van der Waals surface area contributed by atoms with E-state index in [0.717, 1.165) is 6.61 Å². The van der Waals surface area contributed by atoms with E-state index in [1.165, 1.54) is 42.7 Å². The van der Waals surface area contributed by atoms with Gasteiger partial charge in [0.1, 0.15) is 0 Å². The molecule has 7 heteroatoms. The van der Waals surface area contributed by atoms with Gasteiger partial charge in [-0.15, -0.1) is 0 Å². The summed E-state index contributed by atoms with van der Waals surface area (Å²) in [6.07, 6.45) is 3.07. The Kier molecular flexibility index (Phi) is 4.80. The van der Waals surface area contributed by atoms with Crippen molar-refractivity contribution < 1.29 is 14.3 Å². The quantitative estimate of drug-likeness (QED) is 0.609. The smallest absolute Gasteiger partial charge is 0.337 e. The second kappa shape index (κ2) is 7.00. The van der Waals surface area contributed by atoms with Crippen LogP contribution in [0.15, 0.2) is 27.8 Å². The van der Waals surface area contributed by atoms with Crippen molar-refractivity contribution in [1.82, 2.24) is 9.55 Å². The lowest BCUT2D eigenvalue weighted by Gasteiger charge is -2.08. The van der Waals surface area contributed by atoms with Gasteiger partial charge in [0.25, 0.3) is 5.56 Å².